The summed E-state index contributed by atoms with van der Waals surface area (Å²) in [7, 11) is 0. The van der Waals surface area contributed by atoms with E-state index in [-0.39, 0.29) is 5.82 Å². The van der Waals surface area contributed by atoms with Crippen LogP contribution in [0.4, 0.5) is 4.39 Å². The smallest absolute Gasteiger partial charge is 0.123 e. The molecule has 1 aromatic rings. The Kier molecular flexibility index (Phi) is 4.58. The Hall–Kier alpha value is -0.930. The van der Waals surface area contributed by atoms with Crippen molar-refractivity contribution in [3.63, 3.8) is 0 Å². The van der Waals surface area contributed by atoms with Crippen LogP contribution in [0.2, 0.25) is 0 Å². The molecule has 0 bridgehead atoms. The summed E-state index contributed by atoms with van der Waals surface area (Å²) in [5.41, 5.74) is 1.22. The molecule has 1 saturated heterocycles. The van der Waals surface area contributed by atoms with Gasteiger partial charge >= 0.3 is 0 Å². The second-order valence-corrected chi connectivity index (χ2v) is 6.10. The molecule has 1 unspecified atom stereocenters. The number of nitrogens with one attached hydrogen (secondary N) is 1. The average molecular weight is 264 g/mol. The SMILES string of the molecule is CC(C)C(c1ccc(F)cc1)N1C[C@H](C)NC[C@H]1C. The normalized spacial score (nSPS) is 26.6. The third kappa shape index (κ3) is 3.34. The maximum atomic E-state index is 13.1. The lowest BCUT2D eigenvalue weighted by molar-refractivity contribution is 0.0697. The number of rotatable bonds is 3. The van der Waals surface area contributed by atoms with E-state index < -0.39 is 0 Å². The zero-order valence-corrected chi connectivity index (χ0v) is 12.4. The van der Waals surface area contributed by atoms with Gasteiger partial charge in [-0.25, -0.2) is 4.39 Å². The van der Waals surface area contributed by atoms with E-state index in [1.54, 1.807) is 12.1 Å². The molecule has 2 nitrogen and oxygen atoms in total. The second-order valence-electron chi connectivity index (χ2n) is 6.10. The quantitative estimate of drug-likeness (QED) is 0.902. The first-order chi connectivity index (χ1) is 8.99. The fraction of sp³-hybridized carbons (Fsp3) is 0.625. The van der Waals surface area contributed by atoms with Crippen molar-refractivity contribution in [2.24, 2.45) is 5.92 Å². The van der Waals surface area contributed by atoms with Crippen molar-refractivity contribution in [3.8, 4) is 0 Å². The van der Waals surface area contributed by atoms with Crippen LogP contribution in [0.25, 0.3) is 0 Å². The van der Waals surface area contributed by atoms with Gasteiger partial charge in [-0.2, -0.15) is 0 Å². The molecule has 1 aliphatic rings. The number of benzene rings is 1. The van der Waals surface area contributed by atoms with Crippen LogP contribution in [-0.4, -0.2) is 30.1 Å². The minimum Gasteiger partial charge on any atom is -0.311 e. The molecule has 2 rings (SSSR count). The van der Waals surface area contributed by atoms with Crippen molar-refractivity contribution in [2.45, 2.75) is 45.8 Å². The van der Waals surface area contributed by atoms with Crippen LogP contribution in [0.3, 0.4) is 0 Å². The second kappa shape index (κ2) is 6.02. The van der Waals surface area contributed by atoms with E-state index in [0.717, 1.165) is 13.1 Å². The molecule has 1 aliphatic heterocycles. The molecular weight excluding hydrogens is 239 g/mol. The first-order valence-corrected chi connectivity index (χ1v) is 7.23. The average Bonchev–Trinajstić information content (AvgIpc) is 2.36. The largest absolute Gasteiger partial charge is 0.311 e. The highest BCUT2D eigenvalue weighted by Gasteiger charge is 2.31. The Balaban J connectivity index is 2.26. The van der Waals surface area contributed by atoms with Gasteiger partial charge in [-0.15, -0.1) is 0 Å². The van der Waals surface area contributed by atoms with Crippen molar-refractivity contribution >= 4 is 0 Å². The van der Waals surface area contributed by atoms with Crippen LogP contribution >= 0.6 is 0 Å². The van der Waals surface area contributed by atoms with Gasteiger partial charge in [0, 0.05) is 31.2 Å². The van der Waals surface area contributed by atoms with Crippen LogP contribution in [0.15, 0.2) is 24.3 Å². The monoisotopic (exact) mass is 264 g/mol. The Morgan fingerprint density at radius 3 is 2.42 bits per heavy atom. The summed E-state index contributed by atoms with van der Waals surface area (Å²) in [5.74, 6) is 0.353. The molecule has 3 atom stereocenters. The molecule has 106 valence electrons. The van der Waals surface area contributed by atoms with Gasteiger partial charge in [0.05, 0.1) is 0 Å². The minimum absolute atomic E-state index is 0.159. The lowest BCUT2D eigenvalue weighted by Crippen LogP contribution is -2.56. The zero-order chi connectivity index (χ0) is 14.0. The molecule has 1 fully saturated rings. The molecule has 0 amide bonds. The Morgan fingerprint density at radius 1 is 1.21 bits per heavy atom. The number of hydrogen-bond donors (Lipinski definition) is 1. The van der Waals surface area contributed by atoms with Gasteiger partial charge in [-0.3, -0.25) is 4.90 Å². The molecule has 0 aliphatic carbocycles. The molecule has 0 spiro atoms. The first-order valence-electron chi connectivity index (χ1n) is 7.23. The summed E-state index contributed by atoms with van der Waals surface area (Å²) >= 11 is 0. The fourth-order valence-corrected chi connectivity index (χ4v) is 3.06. The molecular formula is C16H25FN2. The van der Waals surface area contributed by atoms with Crippen LogP contribution in [0.1, 0.15) is 39.3 Å². The van der Waals surface area contributed by atoms with Crippen LogP contribution in [0.5, 0.6) is 0 Å². The van der Waals surface area contributed by atoms with Crippen molar-refractivity contribution in [1.82, 2.24) is 10.2 Å². The van der Waals surface area contributed by atoms with Gasteiger partial charge in [0.2, 0.25) is 0 Å². The maximum Gasteiger partial charge on any atom is 0.123 e. The van der Waals surface area contributed by atoms with Crippen molar-refractivity contribution in [2.75, 3.05) is 13.1 Å². The van der Waals surface area contributed by atoms with E-state index >= 15 is 0 Å². The van der Waals surface area contributed by atoms with Crippen molar-refractivity contribution in [1.29, 1.82) is 0 Å². The topological polar surface area (TPSA) is 15.3 Å². The minimum atomic E-state index is -0.159. The summed E-state index contributed by atoms with van der Waals surface area (Å²) in [5, 5.41) is 3.51. The van der Waals surface area contributed by atoms with Gasteiger partial charge in [-0.1, -0.05) is 26.0 Å². The predicted molar refractivity (Wildman–Crippen MR) is 77.6 cm³/mol. The highest BCUT2D eigenvalue weighted by atomic mass is 19.1. The molecule has 1 N–H and O–H groups in total. The summed E-state index contributed by atoms with van der Waals surface area (Å²) < 4.78 is 13.1. The van der Waals surface area contributed by atoms with Gasteiger partial charge in [0.15, 0.2) is 0 Å². The van der Waals surface area contributed by atoms with Crippen molar-refractivity contribution in [3.05, 3.63) is 35.6 Å². The van der Waals surface area contributed by atoms with Gasteiger partial charge in [-0.05, 0) is 37.5 Å². The lowest BCUT2D eigenvalue weighted by atomic mass is 9.92. The summed E-state index contributed by atoms with van der Waals surface area (Å²) in [4.78, 5) is 2.55. The molecule has 0 saturated carbocycles. The Labute approximate surface area is 116 Å². The van der Waals surface area contributed by atoms with E-state index in [1.807, 2.05) is 12.1 Å². The number of piperazine rings is 1. The van der Waals surface area contributed by atoms with Gasteiger partial charge in [0.1, 0.15) is 5.82 Å². The molecule has 19 heavy (non-hydrogen) atoms. The summed E-state index contributed by atoms with van der Waals surface area (Å²) in [6, 6.07) is 8.38. The van der Waals surface area contributed by atoms with E-state index in [4.69, 9.17) is 0 Å². The van der Waals surface area contributed by atoms with Crippen LogP contribution in [0, 0.1) is 11.7 Å². The van der Waals surface area contributed by atoms with Crippen LogP contribution in [-0.2, 0) is 0 Å². The highest BCUT2D eigenvalue weighted by Crippen LogP contribution is 2.31. The highest BCUT2D eigenvalue weighted by molar-refractivity contribution is 5.21. The van der Waals surface area contributed by atoms with E-state index in [9.17, 15) is 4.39 Å². The standard InChI is InChI=1S/C16H25FN2/c1-11(2)16(14-5-7-15(17)8-6-14)19-10-12(3)18-9-13(19)4/h5-8,11-13,16,18H,9-10H2,1-4H3/t12-,13+,16?/m0/s1. The first kappa shape index (κ1) is 14.5. The Bertz CT molecular complexity index is 402. The van der Waals surface area contributed by atoms with Gasteiger partial charge < -0.3 is 5.32 Å². The molecule has 0 radical (unpaired) electrons. The molecule has 1 heterocycles. The van der Waals surface area contributed by atoms with Crippen LogP contribution < -0.4 is 5.32 Å². The van der Waals surface area contributed by atoms with E-state index in [1.165, 1.54) is 5.56 Å². The molecule has 0 aromatic heterocycles. The Morgan fingerprint density at radius 2 is 1.84 bits per heavy atom. The lowest BCUT2D eigenvalue weighted by Gasteiger charge is -2.44. The van der Waals surface area contributed by atoms with E-state index in [2.05, 4.69) is 37.9 Å². The molecule has 3 heteroatoms. The maximum absolute atomic E-state index is 13.1. The summed E-state index contributed by atoms with van der Waals surface area (Å²) in [6.45, 7) is 11.0. The zero-order valence-electron chi connectivity index (χ0n) is 12.4. The number of nitrogens with zero attached hydrogens (tertiary/aromatic N) is 1. The van der Waals surface area contributed by atoms with E-state index in [0.29, 0.717) is 24.0 Å². The summed E-state index contributed by atoms with van der Waals surface area (Å²) in [6.07, 6.45) is 0. The number of hydrogen-bond acceptors (Lipinski definition) is 2. The predicted octanol–water partition coefficient (Wildman–Crippen LogP) is 3.21. The third-order valence-corrected chi connectivity index (χ3v) is 4.01. The number of halogens is 1. The molecule has 1 aromatic carbocycles. The fourth-order valence-electron chi connectivity index (χ4n) is 3.06. The van der Waals surface area contributed by atoms with Crippen molar-refractivity contribution < 1.29 is 4.39 Å². The third-order valence-electron chi connectivity index (χ3n) is 4.01. The van der Waals surface area contributed by atoms with Gasteiger partial charge in [0.25, 0.3) is 0 Å².